The summed E-state index contributed by atoms with van der Waals surface area (Å²) < 4.78 is 20.4. The van der Waals surface area contributed by atoms with Gasteiger partial charge in [-0.3, -0.25) is 4.79 Å². The molecule has 2 aromatic carbocycles. The van der Waals surface area contributed by atoms with Gasteiger partial charge in [0.15, 0.2) is 0 Å². The van der Waals surface area contributed by atoms with Crippen molar-refractivity contribution in [3.63, 3.8) is 0 Å². The summed E-state index contributed by atoms with van der Waals surface area (Å²) in [5, 5.41) is 6.76. The second-order valence-electron chi connectivity index (χ2n) is 9.27. The second kappa shape index (κ2) is 11.7. The SMILES string of the molecule is C=CC(=O)Nc1cc(Nc2nc(C)c(Cl)c(-c3c[nH]c4cccc(F)c34)n2)c(OC)cc1N(C)CCN(C)C. The fourth-order valence-corrected chi connectivity index (χ4v) is 4.33. The molecule has 0 atom stereocenters. The van der Waals surface area contributed by atoms with Crippen molar-refractivity contribution in [2.45, 2.75) is 6.92 Å². The summed E-state index contributed by atoms with van der Waals surface area (Å²) in [5.41, 5.74) is 3.86. The lowest BCUT2D eigenvalue weighted by atomic mass is 10.1. The molecule has 0 unspecified atom stereocenters. The predicted octanol–water partition coefficient (Wildman–Crippen LogP) is 5.60. The number of amides is 1. The zero-order valence-electron chi connectivity index (χ0n) is 22.5. The van der Waals surface area contributed by atoms with Crippen LogP contribution in [-0.4, -0.2) is 67.1 Å². The fourth-order valence-electron chi connectivity index (χ4n) is 4.15. The molecule has 0 aliphatic heterocycles. The predicted molar refractivity (Wildman–Crippen MR) is 156 cm³/mol. The number of hydrogen-bond acceptors (Lipinski definition) is 7. The van der Waals surface area contributed by atoms with Gasteiger partial charge in [0.25, 0.3) is 0 Å². The van der Waals surface area contributed by atoms with E-state index in [1.165, 1.54) is 12.1 Å². The molecule has 0 saturated heterocycles. The highest BCUT2D eigenvalue weighted by Gasteiger charge is 2.20. The minimum atomic E-state index is -0.385. The summed E-state index contributed by atoms with van der Waals surface area (Å²) >= 11 is 6.60. The molecule has 0 radical (unpaired) electrons. The van der Waals surface area contributed by atoms with Gasteiger partial charge in [0.05, 0.1) is 40.6 Å². The number of fused-ring (bicyclic) bond motifs is 1. The van der Waals surface area contributed by atoms with Gasteiger partial charge in [-0.05, 0) is 45.3 Å². The summed E-state index contributed by atoms with van der Waals surface area (Å²) in [6.07, 6.45) is 2.88. The topological polar surface area (TPSA) is 98.4 Å². The van der Waals surface area contributed by atoms with Crippen LogP contribution in [0.2, 0.25) is 5.02 Å². The summed E-state index contributed by atoms with van der Waals surface area (Å²) in [5.74, 6) is -0.000698. The molecule has 11 heteroatoms. The zero-order valence-corrected chi connectivity index (χ0v) is 23.3. The van der Waals surface area contributed by atoms with Crippen LogP contribution in [0.4, 0.5) is 27.4 Å². The molecule has 39 heavy (non-hydrogen) atoms. The number of methoxy groups -OCH3 is 1. The normalized spacial score (nSPS) is 11.1. The number of carbonyl (C=O) groups is 1. The number of hydrogen-bond donors (Lipinski definition) is 3. The minimum Gasteiger partial charge on any atom is -0.494 e. The van der Waals surface area contributed by atoms with Crippen LogP contribution in [0, 0.1) is 12.7 Å². The van der Waals surface area contributed by atoms with E-state index in [-0.39, 0.29) is 17.7 Å². The van der Waals surface area contributed by atoms with Gasteiger partial charge in [0, 0.05) is 48.9 Å². The van der Waals surface area contributed by atoms with E-state index in [2.05, 4.69) is 37.1 Å². The molecule has 3 N–H and O–H groups in total. The third-order valence-electron chi connectivity index (χ3n) is 6.23. The molecule has 0 saturated carbocycles. The Morgan fingerprint density at radius 3 is 2.67 bits per heavy atom. The number of halogens is 2. The first-order valence-electron chi connectivity index (χ1n) is 12.2. The third-order valence-corrected chi connectivity index (χ3v) is 6.68. The molecular weight excluding hydrogens is 521 g/mol. The molecule has 0 aliphatic carbocycles. The lowest BCUT2D eigenvalue weighted by molar-refractivity contribution is -0.111. The maximum absolute atomic E-state index is 14.7. The van der Waals surface area contributed by atoms with E-state index in [1.54, 1.807) is 38.4 Å². The Morgan fingerprint density at radius 2 is 1.97 bits per heavy atom. The first-order valence-corrected chi connectivity index (χ1v) is 12.6. The zero-order chi connectivity index (χ0) is 28.3. The van der Waals surface area contributed by atoms with Crippen molar-refractivity contribution in [1.29, 1.82) is 0 Å². The van der Waals surface area contributed by atoms with Crippen LogP contribution < -0.4 is 20.3 Å². The highest BCUT2D eigenvalue weighted by atomic mass is 35.5. The van der Waals surface area contributed by atoms with Crippen molar-refractivity contribution >= 4 is 51.4 Å². The van der Waals surface area contributed by atoms with Crippen molar-refractivity contribution in [2.75, 3.05) is 56.9 Å². The molecule has 2 heterocycles. The van der Waals surface area contributed by atoms with Gasteiger partial charge < -0.3 is 30.2 Å². The number of aromatic amines is 1. The third kappa shape index (κ3) is 5.97. The molecule has 2 aromatic heterocycles. The second-order valence-corrected chi connectivity index (χ2v) is 9.65. The van der Waals surface area contributed by atoms with Crippen molar-refractivity contribution < 1.29 is 13.9 Å². The van der Waals surface area contributed by atoms with Crippen molar-refractivity contribution in [1.82, 2.24) is 19.9 Å². The number of benzene rings is 2. The molecular formula is C28H31ClFN7O2. The Labute approximate surface area is 231 Å². The molecule has 4 aromatic rings. The standard InChI is InChI=1S/C28H31ClFN7O2/c1-7-24(38)33-20-13-21(23(39-6)14-22(20)37(5)12-11-36(3)4)34-28-32-16(2)26(29)27(35-28)17-15-31-19-10-8-9-18(30)25(17)19/h7-10,13-15,31H,1,11-12H2,2-6H3,(H,33,38)(H,32,34,35). The number of likely N-dealkylation sites (N-methyl/N-ethyl adjacent to an activating group) is 2. The molecule has 4 rings (SSSR count). The highest BCUT2D eigenvalue weighted by Crippen LogP contribution is 2.39. The molecule has 0 bridgehead atoms. The van der Waals surface area contributed by atoms with Gasteiger partial charge in [0.2, 0.25) is 11.9 Å². The van der Waals surface area contributed by atoms with Crippen LogP contribution in [0.25, 0.3) is 22.2 Å². The number of nitrogens with zero attached hydrogens (tertiary/aromatic N) is 4. The number of carbonyl (C=O) groups excluding carboxylic acids is 1. The molecule has 204 valence electrons. The minimum absolute atomic E-state index is 0.227. The molecule has 0 fully saturated rings. The van der Waals surface area contributed by atoms with Crippen LogP contribution in [0.5, 0.6) is 5.75 Å². The number of nitrogens with one attached hydrogen (secondary N) is 3. The van der Waals surface area contributed by atoms with Gasteiger partial charge in [-0.1, -0.05) is 24.2 Å². The van der Waals surface area contributed by atoms with E-state index in [9.17, 15) is 9.18 Å². The summed E-state index contributed by atoms with van der Waals surface area (Å²) in [4.78, 5) is 28.6. The van der Waals surface area contributed by atoms with Gasteiger partial charge in [-0.25, -0.2) is 14.4 Å². The number of anilines is 4. The summed E-state index contributed by atoms with van der Waals surface area (Å²) in [7, 11) is 7.48. The van der Waals surface area contributed by atoms with Crippen LogP contribution in [0.3, 0.4) is 0 Å². The van der Waals surface area contributed by atoms with Crippen LogP contribution in [-0.2, 0) is 4.79 Å². The van der Waals surface area contributed by atoms with E-state index in [4.69, 9.17) is 16.3 Å². The van der Waals surface area contributed by atoms with E-state index in [1.807, 2.05) is 32.1 Å². The Hall–Kier alpha value is -4.15. The fraction of sp³-hybridized carbons (Fsp3) is 0.250. The lowest BCUT2D eigenvalue weighted by Crippen LogP contribution is -2.29. The number of aromatic nitrogens is 3. The van der Waals surface area contributed by atoms with E-state index in [0.717, 1.165) is 12.2 Å². The van der Waals surface area contributed by atoms with Crippen molar-refractivity contribution in [3.8, 4) is 17.0 Å². The highest BCUT2D eigenvalue weighted by molar-refractivity contribution is 6.34. The van der Waals surface area contributed by atoms with Crippen molar-refractivity contribution in [2.24, 2.45) is 0 Å². The Morgan fingerprint density at radius 1 is 1.21 bits per heavy atom. The number of H-pyrrole nitrogens is 1. The van der Waals surface area contributed by atoms with Gasteiger partial charge in [-0.15, -0.1) is 0 Å². The number of rotatable bonds is 10. The average molecular weight is 552 g/mol. The quantitative estimate of drug-likeness (QED) is 0.221. The van der Waals surface area contributed by atoms with Gasteiger partial charge in [-0.2, -0.15) is 0 Å². The average Bonchev–Trinajstić information content (AvgIpc) is 3.34. The molecule has 0 spiro atoms. The van der Waals surface area contributed by atoms with Crippen LogP contribution >= 0.6 is 11.6 Å². The molecule has 1 amide bonds. The van der Waals surface area contributed by atoms with Crippen molar-refractivity contribution in [3.05, 3.63) is 65.7 Å². The lowest BCUT2D eigenvalue weighted by Gasteiger charge is -2.26. The van der Waals surface area contributed by atoms with E-state index in [0.29, 0.717) is 56.5 Å². The Bertz CT molecular complexity index is 1540. The van der Waals surface area contributed by atoms with Gasteiger partial charge >= 0.3 is 0 Å². The number of ether oxygens (including phenoxy) is 1. The first kappa shape index (κ1) is 27.9. The number of aryl methyl sites for hydroxylation is 1. The van der Waals surface area contributed by atoms with E-state index < -0.39 is 0 Å². The molecule has 9 nitrogen and oxygen atoms in total. The van der Waals surface area contributed by atoms with E-state index >= 15 is 0 Å². The monoisotopic (exact) mass is 551 g/mol. The largest absolute Gasteiger partial charge is 0.494 e. The first-order chi connectivity index (χ1) is 18.6. The smallest absolute Gasteiger partial charge is 0.247 e. The van der Waals surface area contributed by atoms with Crippen LogP contribution in [0.15, 0.2) is 49.2 Å². The summed E-state index contributed by atoms with van der Waals surface area (Å²) in [6.45, 7) is 6.83. The maximum Gasteiger partial charge on any atom is 0.247 e. The Balaban J connectivity index is 1.78. The summed E-state index contributed by atoms with van der Waals surface area (Å²) in [6, 6.07) is 8.38. The Kier molecular flexibility index (Phi) is 8.37. The van der Waals surface area contributed by atoms with Crippen LogP contribution in [0.1, 0.15) is 5.69 Å². The van der Waals surface area contributed by atoms with Gasteiger partial charge in [0.1, 0.15) is 11.6 Å². The molecule has 0 aliphatic rings. The maximum atomic E-state index is 14.7.